The van der Waals surface area contributed by atoms with E-state index in [9.17, 15) is 0 Å². The second-order valence-corrected chi connectivity index (χ2v) is 4.35. The zero-order chi connectivity index (χ0) is 13.0. The van der Waals surface area contributed by atoms with Crippen LogP contribution in [0.25, 0.3) is 5.65 Å². The van der Waals surface area contributed by atoms with Gasteiger partial charge in [-0.3, -0.25) is 0 Å². The van der Waals surface area contributed by atoms with Crippen LogP contribution >= 0.6 is 0 Å². The van der Waals surface area contributed by atoms with Crippen molar-refractivity contribution in [2.45, 2.75) is 32.6 Å². The van der Waals surface area contributed by atoms with Crippen molar-refractivity contribution in [3.63, 3.8) is 0 Å². The SMILES string of the molecule is CNc1nc(C)nc2c(CCCCCN)cnn12. The molecule has 0 bridgehead atoms. The van der Waals surface area contributed by atoms with Gasteiger partial charge in [0.05, 0.1) is 6.20 Å². The van der Waals surface area contributed by atoms with Crippen molar-refractivity contribution in [1.29, 1.82) is 0 Å². The summed E-state index contributed by atoms with van der Waals surface area (Å²) >= 11 is 0. The second kappa shape index (κ2) is 5.77. The third kappa shape index (κ3) is 2.59. The molecule has 0 fully saturated rings. The van der Waals surface area contributed by atoms with E-state index in [-0.39, 0.29) is 0 Å². The van der Waals surface area contributed by atoms with Crippen LogP contribution in [0.2, 0.25) is 0 Å². The maximum Gasteiger partial charge on any atom is 0.227 e. The lowest BCUT2D eigenvalue weighted by Gasteiger charge is -2.04. The molecule has 0 radical (unpaired) electrons. The Morgan fingerprint density at radius 2 is 2.11 bits per heavy atom. The molecule has 2 aromatic heterocycles. The van der Waals surface area contributed by atoms with Gasteiger partial charge in [0, 0.05) is 12.6 Å². The van der Waals surface area contributed by atoms with Crippen LogP contribution < -0.4 is 11.1 Å². The molecular weight excluding hydrogens is 228 g/mol. The molecule has 0 aromatic carbocycles. The fourth-order valence-electron chi connectivity index (χ4n) is 2.00. The summed E-state index contributed by atoms with van der Waals surface area (Å²) in [6.45, 7) is 2.66. The summed E-state index contributed by atoms with van der Waals surface area (Å²) in [6, 6.07) is 0. The van der Waals surface area contributed by atoms with Gasteiger partial charge in [0.15, 0.2) is 5.65 Å². The molecule has 2 rings (SSSR count). The van der Waals surface area contributed by atoms with Crippen LogP contribution in [0.3, 0.4) is 0 Å². The van der Waals surface area contributed by atoms with Crippen LogP contribution in [0, 0.1) is 6.92 Å². The number of hydrogen-bond donors (Lipinski definition) is 2. The first kappa shape index (κ1) is 12.8. The van der Waals surface area contributed by atoms with E-state index in [0.29, 0.717) is 0 Å². The van der Waals surface area contributed by atoms with Crippen LogP contribution in [0.15, 0.2) is 6.20 Å². The molecule has 18 heavy (non-hydrogen) atoms. The first-order valence-electron chi connectivity index (χ1n) is 6.35. The van der Waals surface area contributed by atoms with E-state index in [0.717, 1.165) is 49.6 Å². The van der Waals surface area contributed by atoms with Gasteiger partial charge in [-0.2, -0.15) is 14.6 Å². The fourth-order valence-corrected chi connectivity index (χ4v) is 2.00. The Morgan fingerprint density at radius 3 is 2.83 bits per heavy atom. The van der Waals surface area contributed by atoms with Gasteiger partial charge >= 0.3 is 0 Å². The highest BCUT2D eigenvalue weighted by Gasteiger charge is 2.10. The van der Waals surface area contributed by atoms with Crippen molar-refractivity contribution in [2.75, 3.05) is 18.9 Å². The summed E-state index contributed by atoms with van der Waals surface area (Å²) in [5, 5.41) is 7.37. The zero-order valence-corrected chi connectivity index (χ0v) is 11.0. The molecule has 98 valence electrons. The average Bonchev–Trinajstić information content (AvgIpc) is 2.77. The van der Waals surface area contributed by atoms with Gasteiger partial charge in [-0.25, -0.2) is 4.98 Å². The van der Waals surface area contributed by atoms with Gasteiger partial charge in [-0.1, -0.05) is 6.42 Å². The van der Waals surface area contributed by atoms with Crippen molar-refractivity contribution in [2.24, 2.45) is 5.73 Å². The number of aryl methyl sites for hydroxylation is 2. The summed E-state index contributed by atoms with van der Waals surface area (Å²) in [4.78, 5) is 8.77. The molecule has 3 N–H and O–H groups in total. The predicted octanol–water partition coefficient (Wildman–Crippen LogP) is 1.15. The lowest BCUT2D eigenvalue weighted by Crippen LogP contribution is -2.06. The Balaban J connectivity index is 2.21. The van der Waals surface area contributed by atoms with E-state index in [4.69, 9.17) is 5.73 Å². The number of fused-ring (bicyclic) bond motifs is 1. The van der Waals surface area contributed by atoms with Gasteiger partial charge in [-0.15, -0.1) is 0 Å². The van der Waals surface area contributed by atoms with Crippen LogP contribution in [0.1, 0.15) is 30.7 Å². The number of nitrogens with two attached hydrogens (primary N) is 1. The molecule has 6 heteroatoms. The smallest absolute Gasteiger partial charge is 0.227 e. The van der Waals surface area contributed by atoms with Crippen molar-refractivity contribution >= 4 is 11.6 Å². The molecule has 0 aliphatic carbocycles. The third-order valence-electron chi connectivity index (χ3n) is 2.93. The fraction of sp³-hybridized carbons (Fsp3) is 0.583. The quantitative estimate of drug-likeness (QED) is 0.749. The minimum Gasteiger partial charge on any atom is -0.357 e. The lowest BCUT2D eigenvalue weighted by atomic mass is 10.1. The van der Waals surface area contributed by atoms with Gasteiger partial charge < -0.3 is 11.1 Å². The Hall–Kier alpha value is -1.69. The largest absolute Gasteiger partial charge is 0.357 e. The molecule has 2 heterocycles. The number of nitrogens with zero attached hydrogens (tertiary/aromatic N) is 4. The number of nitrogens with one attached hydrogen (secondary N) is 1. The third-order valence-corrected chi connectivity index (χ3v) is 2.93. The molecule has 0 spiro atoms. The maximum absolute atomic E-state index is 5.49. The molecule has 0 atom stereocenters. The standard InChI is InChI=1S/C12H20N6/c1-9-16-11-10(6-4-3-5-7-13)8-15-18(11)12(14-2)17-9/h8H,3-7,13H2,1-2H3,(H,14,16,17). The highest BCUT2D eigenvalue weighted by atomic mass is 15.3. The van der Waals surface area contributed by atoms with Crippen molar-refractivity contribution < 1.29 is 0 Å². The van der Waals surface area contributed by atoms with E-state index in [1.54, 1.807) is 4.52 Å². The summed E-state index contributed by atoms with van der Waals surface area (Å²) in [5.74, 6) is 1.49. The Labute approximate surface area is 107 Å². The monoisotopic (exact) mass is 248 g/mol. The average molecular weight is 248 g/mol. The minimum absolute atomic E-state index is 0.728. The first-order valence-corrected chi connectivity index (χ1v) is 6.35. The van der Waals surface area contributed by atoms with Crippen molar-refractivity contribution in [3.8, 4) is 0 Å². The molecule has 0 saturated heterocycles. The molecule has 6 nitrogen and oxygen atoms in total. The molecule has 0 aliphatic rings. The molecule has 0 unspecified atom stereocenters. The second-order valence-electron chi connectivity index (χ2n) is 4.35. The van der Waals surface area contributed by atoms with E-state index >= 15 is 0 Å². The summed E-state index contributed by atoms with van der Waals surface area (Å²) in [7, 11) is 1.84. The van der Waals surface area contributed by atoms with Gasteiger partial charge in [0.25, 0.3) is 0 Å². The number of hydrogen-bond acceptors (Lipinski definition) is 5. The zero-order valence-electron chi connectivity index (χ0n) is 11.0. The Morgan fingerprint density at radius 1 is 1.28 bits per heavy atom. The predicted molar refractivity (Wildman–Crippen MR) is 71.7 cm³/mol. The highest BCUT2D eigenvalue weighted by Crippen LogP contribution is 2.15. The Bertz CT molecular complexity index is 519. The minimum atomic E-state index is 0.728. The van der Waals surface area contributed by atoms with Gasteiger partial charge in [0.2, 0.25) is 5.95 Å². The topological polar surface area (TPSA) is 81.1 Å². The molecule has 0 aliphatic heterocycles. The van der Waals surface area contributed by atoms with Crippen LogP contribution in [-0.2, 0) is 6.42 Å². The van der Waals surface area contributed by atoms with Crippen molar-refractivity contribution in [1.82, 2.24) is 19.6 Å². The number of unbranched alkanes of at least 4 members (excludes halogenated alkanes) is 2. The van der Waals surface area contributed by atoms with E-state index in [1.165, 1.54) is 5.56 Å². The number of anilines is 1. The summed E-state index contributed by atoms with van der Waals surface area (Å²) in [6.07, 6.45) is 6.22. The lowest BCUT2D eigenvalue weighted by molar-refractivity contribution is 0.687. The number of rotatable bonds is 6. The maximum atomic E-state index is 5.49. The van der Waals surface area contributed by atoms with E-state index in [2.05, 4.69) is 20.4 Å². The normalized spacial score (nSPS) is 11.1. The number of aromatic nitrogens is 4. The van der Waals surface area contributed by atoms with Crippen LogP contribution in [0.5, 0.6) is 0 Å². The molecule has 0 amide bonds. The van der Waals surface area contributed by atoms with Crippen molar-refractivity contribution in [3.05, 3.63) is 17.6 Å². The van der Waals surface area contributed by atoms with E-state index in [1.807, 2.05) is 20.2 Å². The first-order chi connectivity index (χ1) is 8.76. The van der Waals surface area contributed by atoms with Gasteiger partial charge in [0.1, 0.15) is 5.82 Å². The van der Waals surface area contributed by atoms with Crippen LogP contribution in [0.4, 0.5) is 5.95 Å². The summed E-state index contributed by atoms with van der Waals surface area (Å²) < 4.78 is 1.76. The van der Waals surface area contributed by atoms with Crippen LogP contribution in [-0.4, -0.2) is 33.2 Å². The Kier molecular flexibility index (Phi) is 4.09. The molecule has 0 saturated carbocycles. The molecule has 2 aromatic rings. The van der Waals surface area contributed by atoms with Gasteiger partial charge in [-0.05, 0) is 32.7 Å². The van der Waals surface area contributed by atoms with E-state index < -0.39 is 0 Å². The highest BCUT2D eigenvalue weighted by molar-refractivity contribution is 5.50. The summed E-state index contributed by atoms with van der Waals surface area (Å²) in [5.41, 5.74) is 7.57. The molecular formula is C12H20N6.